The molecule has 0 spiro atoms. The fourth-order valence-corrected chi connectivity index (χ4v) is 2.39. The average Bonchev–Trinajstić information content (AvgIpc) is 2.81. The van der Waals surface area contributed by atoms with Gasteiger partial charge in [-0.2, -0.15) is 0 Å². The van der Waals surface area contributed by atoms with Crippen molar-refractivity contribution < 1.29 is 19.4 Å². The summed E-state index contributed by atoms with van der Waals surface area (Å²) in [4.78, 5) is 10.4. The fraction of sp³-hybridized carbons (Fsp3) is 0.533. The highest BCUT2D eigenvalue weighted by molar-refractivity contribution is 5.68. The predicted molar refractivity (Wildman–Crippen MR) is 71.2 cm³/mol. The Bertz CT molecular complexity index is 413. The number of ether oxygens (including phenoxy) is 2. The molecule has 1 fully saturated rings. The van der Waals surface area contributed by atoms with Gasteiger partial charge in [0.25, 0.3) is 0 Å². The molecule has 0 heterocycles. The SMILES string of the molecule is CC1CCC[C@H]1OCc1ccc(OCC(=O)O)cc1. The Morgan fingerprint density at radius 3 is 2.63 bits per heavy atom. The third-order valence-electron chi connectivity index (χ3n) is 3.53. The second-order valence-corrected chi connectivity index (χ2v) is 5.08. The van der Waals surface area contributed by atoms with Crippen LogP contribution in [0.4, 0.5) is 0 Å². The summed E-state index contributed by atoms with van der Waals surface area (Å²) in [5, 5.41) is 8.51. The van der Waals surface area contributed by atoms with Crippen molar-refractivity contribution in [1.29, 1.82) is 0 Å². The molecule has 1 aromatic carbocycles. The minimum Gasteiger partial charge on any atom is -0.482 e. The smallest absolute Gasteiger partial charge is 0.341 e. The Hall–Kier alpha value is -1.55. The van der Waals surface area contributed by atoms with Crippen molar-refractivity contribution in [3.05, 3.63) is 29.8 Å². The van der Waals surface area contributed by atoms with Crippen LogP contribution in [0.5, 0.6) is 5.75 Å². The molecule has 1 saturated carbocycles. The zero-order valence-corrected chi connectivity index (χ0v) is 11.2. The second kappa shape index (κ2) is 6.57. The van der Waals surface area contributed by atoms with Crippen LogP contribution >= 0.6 is 0 Å². The first-order valence-corrected chi connectivity index (χ1v) is 6.70. The highest BCUT2D eigenvalue weighted by Crippen LogP contribution is 2.28. The van der Waals surface area contributed by atoms with Crippen LogP contribution in [0.2, 0.25) is 0 Å². The zero-order chi connectivity index (χ0) is 13.7. The van der Waals surface area contributed by atoms with Crippen molar-refractivity contribution in [2.45, 2.75) is 38.9 Å². The van der Waals surface area contributed by atoms with Crippen LogP contribution in [0.3, 0.4) is 0 Å². The van der Waals surface area contributed by atoms with E-state index in [0.29, 0.717) is 24.4 Å². The molecule has 104 valence electrons. The van der Waals surface area contributed by atoms with Gasteiger partial charge >= 0.3 is 5.97 Å². The number of hydrogen-bond acceptors (Lipinski definition) is 3. The average molecular weight is 264 g/mol. The Balaban J connectivity index is 1.79. The van der Waals surface area contributed by atoms with Gasteiger partial charge in [-0.3, -0.25) is 0 Å². The molecule has 2 rings (SSSR count). The molecule has 4 heteroatoms. The van der Waals surface area contributed by atoms with Gasteiger partial charge in [0.05, 0.1) is 12.7 Å². The van der Waals surface area contributed by atoms with E-state index in [1.54, 1.807) is 12.1 Å². The van der Waals surface area contributed by atoms with Crippen LogP contribution in [0.1, 0.15) is 31.7 Å². The maximum absolute atomic E-state index is 10.4. The van der Waals surface area contributed by atoms with E-state index in [0.717, 1.165) is 12.0 Å². The lowest BCUT2D eigenvalue weighted by Gasteiger charge is -2.16. The topological polar surface area (TPSA) is 55.8 Å². The van der Waals surface area contributed by atoms with Crippen LogP contribution in [0.25, 0.3) is 0 Å². The molecule has 4 nitrogen and oxygen atoms in total. The van der Waals surface area contributed by atoms with Crippen LogP contribution in [-0.4, -0.2) is 23.8 Å². The van der Waals surface area contributed by atoms with E-state index in [9.17, 15) is 4.79 Å². The number of benzene rings is 1. The quantitative estimate of drug-likeness (QED) is 0.858. The highest BCUT2D eigenvalue weighted by atomic mass is 16.5. The van der Waals surface area contributed by atoms with Crippen LogP contribution in [-0.2, 0) is 16.1 Å². The summed E-state index contributed by atoms with van der Waals surface area (Å²) in [6.07, 6.45) is 4.05. The monoisotopic (exact) mass is 264 g/mol. The number of carbonyl (C=O) groups is 1. The van der Waals surface area contributed by atoms with Gasteiger partial charge in [-0.1, -0.05) is 25.5 Å². The Morgan fingerprint density at radius 1 is 1.32 bits per heavy atom. The first-order chi connectivity index (χ1) is 9.15. The predicted octanol–water partition coefficient (Wildman–Crippen LogP) is 2.86. The summed E-state index contributed by atoms with van der Waals surface area (Å²) in [6.45, 7) is 2.53. The first kappa shape index (κ1) is 13.9. The van der Waals surface area contributed by atoms with E-state index in [4.69, 9.17) is 14.6 Å². The molecule has 1 unspecified atom stereocenters. The largest absolute Gasteiger partial charge is 0.482 e. The van der Waals surface area contributed by atoms with E-state index < -0.39 is 5.97 Å². The Morgan fingerprint density at radius 2 is 2.05 bits per heavy atom. The maximum atomic E-state index is 10.4. The minimum atomic E-state index is -0.970. The van der Waals surface area contributed by atoms with E-state index in [2.05, 4.69) is 6.92 Å². The molecule has 0 aliphatic heterocycles. The Labute approximate surface area is 113 Å². The summed E-state index contributed by atoms with van der Waals surface area (Å²) >= 11 is 0. The van der Waals surface area contributed by atoms with Gasteiger partial charge in [0.15, 0.2) is 6.61 Å². The van der Waals surface area contributed by atoms with Gasteiger partial charge in [-0.15, -0.1) is 0 Å². The number of aliphatic carboxylic acids is 1. The molecular weight excluding hydrogens is 244 g/mol. The summed E-state index contributed by atoms with van der Waals surface area (Å²) in [6, 6.07) is 7.38. The normalized spacial score (nSPS) is 22.4. The summed E-state index contributed by atoms with van der Waals surface area (Å²) in [7, 11) is 0. The second-order valence-electron chi connectivity index (χ2n) is 5.08. The summed E-state index contributed by atoms with van der Waals surface area (Å²) in [5.74, 6) is 0.251. The summed E-state index contributed by atoms with van der Waals surface area (Å²) in [5.41, 5.74) is 1.08. The van der Waals surface area contributed by atoms with E-state index in [1.165, 1.54) is 12.8 Å². The molecular formula is C15H20O4. The Kier molecular flexibility index (Phi) is 4.80. The standard InChI is InChI=1S/C15H20O4/c1-11-3-2-4-14(11)19-9-12-5-7-13(8-6-12)18-10-15(16)17/h5-8,11,14H,2-4,9-10H2,1H3,(H,16,17)/t11?,14-/m1/s1. The van der Waals surface area contributed by atoms with Crippen molar-refractivity contribution >= 4 is 5.97 Å². The van der Waals surface area contributed by atoms with Crippen molar-refractivity contribution in [1.82, 2.24) is 0 Å². The van der Waals surface area contributed by atoms with E-state index in [1.807, 2.05) is 12.1 Å². The molecule has 0 radical (unpaired) electrons. The molecule has 1 aliphatic rings. The van der Waals surface area contributed by atoms with Crippen molar-refractivity contribution in [3.63, 3.8) is 0 Å². The number of carboxylic acids is 1. The maximum Gasteiger partial charge on any atom is 0.341 e. The molecule has 1 aromatic rings. The van der Waals surface area contributed by atoms with Gasteiger partial charge in [-0.25, -0.2) is 4.79 Å². The van der Waals surface area contributed by atoms with E-state index >= 15 is 0 Å². The summed E-state index contributed by atoms with van der Waals surface area (Å²) < 4.78 is 11.0. The van der Waals surface area contributed by atoms with Crippen LogP contribution < -0.4 is 4.74 Å². The first-order valence-electron chi connectivity index (χ1n) is 6.70. The highest BCUT2D eigenvalue weighted by Gasteiger charge is 2.23. The van der Waals surface area contributed by atoms with Gasteiger partial charge < -0.3 is 14.6 Å². The molecule has 1 N–H and O–H groups in total. The lowest BCUT2D eigenvalue weighted by atomic mass is 10.1. The van der Waals surface area contributed by atoms with Crippen LogP contribution in [0.15, 0.2) is 24.3 Å². The lowest BCUT2D eigenvalue weighted by molar-refractivity contribution is -0.139. The molecule has 0 bridgehead atoms. The molecule has 19 heavy (non-hydrogen) atoms. The van der Waals surface area contributed by atoms with Crippen molar-refractivity contribution in [2.24, 2.45) is 5.92 Å². The molecule has 1 aliphatic carbocycles. The molecule has 0 amide bonds. The minimum absolute atomic E-state index is 0.310. The van der Waals surface area contributed by atoms with Crippen molar-refractivity contribution in [3.8, 4) is 5.75 Å². The third kappa shape index (κ3) is 4.24. The number of rotatable bonds is 6. The molecule has 2 atom stereocenters. The van der Waals surface area contributed by atoms with Crippen LogP contribution in [0, 0.1) is 5.92 Å². The zero-order valence-electron chi connectivity index (χ0n) is 11.2. The van der Waals surface area contributed by atoms with Gasteiger partial charge in [0.1, 0.15) is 5.75 Å². The number of hydrogen-bond donors (Lipinski definition) is 1. The molecule has 0 saturated heterocycles. The third-order valence-corrected chi connectivity index (χ3v) is 3.53. The fourth-order valence-electron chi connectivity index (χ4n) is 2.39. The number of carboxylic acid groups (broad SMARTS) is 1. The van der Waals surface area contributed by atoms with Gasteiger partial charge in [-0.05, 0) is 36.5 Å². The van der Waals surface area contributed by atoms with Gasteiger partial charge in [0.2, 0.25) is 0 Å². The van der Waals surface area contributed by atoms with Gasteiger partial charge in [0, 0.05) is 0 Å². The van der Waals surface area contributed by atoms with Crippen molar-refractivity contribution in [2.75, 3.05) is 6.61 Å². The lowest BCUT2D eigenvalue weighted by Crippen LogP contribution is -2.15. The molecule has 0 aromatic heterocycles. The van der Waals surface area contributed by atoms with E-state index in [-0.39, 0.29) is 6.61 Å².